The van der Waals surface area contributed by atoms with Crippen molar-refractivity contribution in [3.8, 4) is 27.3 Å². The van der Waals surface area contributed by atoms with Crippen molar-refractivity contribution in [3.63, 3.8) is 0 Å². The van der Waals surface area contributed by atoms with E-state index >= 15 is 4.39 Å². The molecule has 2 atom stereocenters. The number of pyridine rings is 1. The highest BCUT2D eigenvalue weighted by atomic mass is 32.1. The van der Waals surface area contributed by atoms with Crippen LogP contribution in [0.1, 0.15) is 27.7 Å². The quantitative estimate of drug-likeness (QED) is 0.428. The van der Waals surface area contributed by atoms with Gasteiger partial charge in [0.25, 0.3) is 5.91 Å². The van der Waals surface area contributed by atoms with Crippen LogP contribution in [-0.2, 0) is 4.74 Å². The number of hydrogen-bond acceptors (Lipinski definition) is 6. The number of aromatic nitrogens is 1. The topological polar surface area (TPSA) is 75.0 Å². The molecule has 7 rings (SSSR count). The van der Waals surface area contributed by atoms with Crippen LogP contribution in [0, 0.1) is 5.82 Å². The SMILES string of the molecule is O=C1c2c(O)c(=O)ccn2N(C2c3ccccc3-c3sccc3-c3c(F)cccc32)C2COCCN12. The molecule has 0 bridgehead atoms. The predicted molar refractivity (Wildman–Crippen MR) is 133 cm³/mol. The molecule has 4 heterocycles. The maximum atomic E-state index is 15.6. The van der Waals surface area contributed by atoms with Crippen molar-refractivity contribution in [2.45, 2.75) is 12.2 Å². The van der Waals surface area contributed by atoms with Crippen molar-refractivity contribution in [1.29, 1.82) is 0 Å². The normalized spacial score (nSPS) is 20.1. The fourth-order valence-electron chi connectivity index (χ4n) is 5.69. The number of nitrogens with zero attached hydrogens (tertiary/aromatic N) is 3. The number of carbonyl (C=O) groups excluding carboxylic acids is 1. The Bertz CT molecular complexity index is 1610. The highest BCUT2D eigenvalue weighted by molar-refractivity contribution is 7.14. The first-order valence-electron chi connectivity index (χ1n) is 11.6. The third kappa shape index (κ3) is 2.81. The molecule has 1 fully saturated rings. The molecule has 4 aromatic rings. The van der Waals surface area contributed by atoms with E-state index in [4.69, 9.17) is 4.74 Å². The van der Waals surface area contributed by atoms with Gasteiger partial charge in [0, 0.05) is 34.8 Å². The number of halogens is 1. The highest BCUT2D eigenvalue weighted by Crippen LogP contribution is 2.50. The third-order valence-electron chi connectivity index (χ3n) is 7.21. The molecule has 2 aromatic heterocycles. The minimum Gasteiger partial charge on any atom is -0.502 e. The van der Waals surface area contributed by atoms with Gasteiger partial charge in [-0.2, -0.15) is 0 Å². The van der Waals surface area contributed by atoms with Crippen molar-refractivity contribution in [3.05, 3.63) is 99.0 Å². The fourth-order valence-corrected chi connectivity index (χ4v) is 6.64. The summed E-state index contributed by atoms with van der Waals surface area (Å²) < 4.78 is 22.9. The van der Waals surface area contributed by atoms with Gasteiger partial charge in [-0.15, -0.1) is 11.3 Å². The Kier molecular flexibility index (Phi) is 4.61. The lowest BCUT2D eigenvalue weighted by Gasteiger charge is -2.51. The summed E-state index contributed by atoms with van der Waals surface area (Å²) in [4.78, 5) is 28.4. The number of benzene rings is 2. The van der Waals surface area contributed by atoms with Gasteiger partial charge >= 0.3 is 0 Å². The van der Waals surface area contributed by atoms with Crippen LogP contribution in [0.3, 0.4) is 0 Å². The van der Waals surface area contributed by atoms with Gasteiger partial charge in [0.1, 0.15) is 12.0 Å². The summed E-state index contributed by atoms with van der Waals surface area (Å²) in [5, 5.41) is 14.6. The van der Waals surface area contributed by atoms with E-state index in [0.29, 0.717) is 18.7 Å². The Balaban J connectivity index is 1.59. The van der Waals surface area contributed by atoms with E-state index in [2.05, 4.69) is 0 Å². The minimum atomic E-state index is -0.629. The molecule has 1 saturated heterocycles. The lowest BCUT2D eigenvalue weighted by atomic mass is 9.92. The van der Waals surface area contributed by atoms with E-state index < -0.39 is 29.3 Å². The van der Waals surface area contributed by atoms with Crippen LogP contribution in [0.5, 0.6) is 5.75 Å². The van der Waals surface area contributed by atoms with E-state index in [-0.39, 0.29) is 18.1 Å². The molecule has 2 aliphatic heterocycles. The van der Waals surface area contributed by atoms with Gasteiger partial charge in [-0.3, -0.25) is 19.3 Å². The van der Waals surface area contributed by atoms with Crippen LogP contribution in [0.15, 0.2) is 71.0 Å². The van der Waals surface area contributed by atoms with Crippen molar-refractivity contribution in [2.24, 2.45) is 0 Å². The molecule has 36 heavy (non-hydrogen) atoms. The molecule has 3 aliphatic rings. The molecule has 7 nitrogen and oxygen atoms in total. The van der Waals surface area contributed by atoms with Crippen LogP contribution in [0.4, 0.5) is 4.39 Å². The minimum absolute atomic E-state index is 0.102. The van der Waals surface area contributed by atoms with Crippen LogP contribution in [-0.4, -0.2) is 46.5 Å². The molecule has 0 radical (unpaired) electrons. The van der Waals surface area contributed by atoms with Crippen molar-refractivity contribution < 1.29 is 19.0 Å². The first-order chi connectivity index (χ1) is 17.6. The number of thiophene rings is 1. The van der Waals surface area contributed by atoms with E-state index in [1.54, 1.807) is 27.0 Å². The second kappa shape index (κ2) is 7.78. The lowest BCUT2D eigenvalue weighted by Crippen LogP contribution is -2.66. The Morgan fingerprint density at radius 2 is 1.83 bits per heavy atom. The summed E-state index contributed by atoms with van der Waals surface area (Å²) in [7, 11) is 0. The number of rotatable bonds is 1. The average Bonchev–Trinajstić information content (AvgIpc) is 3.33. The molecule has 1 amide bonds. The largest absolute Gasteiger partial charge is 0.502 e. The van der Waals surface area contributed by atoms with Gasteiger partial charge < -0.3 is 14.7 Å². The van der Waals surface area contributed by atoms with Gasteiger partial charge in [0.15, 0.2) is 11.4 Å². The van der Waals surface area contributed by atoms with E-state index in [9.17, 15) is 14.7 Å². The summed E-state index contributed by atoms with van der Waals surface area (Å²) in [6, 6.07) is 15.6. The van der Waals surface area contributed by atoms with Crippen molar-refractivity contribution in [1.82, 2.24) is 9.58 Å². The molecule has 9 heteroatoms. The number of amides is 1. The molecule has 0 spiro atoms. The number of ether oxygens (including phenoxy) is 1. The molecule has 1 aliphatic carbocycles. The van der Waals surface area contributed by atoms with Crippen molar-refractivity contribution >= 4 is 17.2 Å². The molecule has 0 saturated carbocycles. The molecule has 2 unspecified atom stereocenters. The molecule has 2 aromatic carbocycles. The van der Waals surface area contributed by atoms with Crippen molar-refractivity contribution in [2.75, 3.05) is 24.8 Å². The Labute approximate surface area is 209 Å². The maximum Gasteiger partial charge on any atom is 0.278 e. The highest BCUT2D eigenvalue weighted by Gasteiger charge is 2.46. The Morgan fingerprint density at radius 3 is 2.72 bits per heavy atom. The fraction of sp³-hybridized carbons (Fsp3) is 0.185. The summed E-state index contributed by atoms with van der Waals surface area (Å²) in [5.41, 5.74) is 3.21. The average molecular weight is 502 g/mol. The number of aromatic hydroxyl groups is 1. The maximum absolute atomic E-state index is 15.6. The Morgan fingerprint density at radius 1 is 1.00 bits per heavy atom. The standard InChI is InChI=1S/C27H20FN3O4S/c28-19-7-3-6-17-22(19)18-9-13-36-26(18)16-5-2-1-4-15(16)23(17)31-21-14-35-12-11-29(21)27(34)24-25(33)20(32)8-10-30(24)31/h1-10,13,21,23,33H,11-12,14H2. The lowest BCUT2D eigenvalue weighted by molar-refractivity contribution is -0.0196. The Hall–Kier alpha value is -3.95. The van der Waals surface area contributed by atoms with Crippen LogP contribution < -0.4 is 10.4 Å². The molecular formula is C27H20FN3O4S. The third-order valence-corrected chi connectivity index (χ3v) is 8.16. The van der Waals surface area contributed by atoms with Gasteiger partial charge in [-0.25, -0.2) is 4.39 Å². The van der Waals surface area contributed by atoms with E-state index in [1.165, 1.54) is 18.3 Å². The van der Waals surface area contributed by atoms with Crippen LogP contribution in [0.25, 0.3) is 21.6 Å². The van der Waals surface area contributed by atoms with Gasteiger partial charge in [-0.05, 0) is 34.2 Å². The van der Waals surface area contributed by atoms with Gasteiger partial charge in [0.05, 0.1) is 19.3 Å². The second-order valence-electron chi connectivity index (χ2n) is 9.01. The van der Waals surface area contributed by atoms with Gasteiger partial charge in [-0.1, -0.05) is 36.4 Å². The van der Waals surface area contributed by atoms with Crippen LogP contribution >= 0.6 is 11.3 Å². The summed E-state index contributed by atoms with van der Waals surface area (Å²) in [5.74, 6) is -1.37. The van der Waals surface area contributed by atoms with E-state index in [0.717, 1.165) is 27.1 Å². The zero-order valence-corrected chi connectivity index (χ0v) is 19.7. The number of hydrogen-bond donors (Lipinski definition) is 1. The molecule has 180 valence electrons. The van der Waals surface area contributed by atoms with E-state index in [1.807, 2.05) is 46.8 Å². The smallest absolute Gasteiger partial charge is 0.278 e. The zero-order valence-electron chi connectivity index (χ0n) is 18.9. The monoisotopic (exact) mass is 501 g/mol. The zero-order chi connectivity index (χ0) is 24.6. The van der Waals surface area contributed by atoms with Crippen LogP contribution in [0.2, 0.25) is 0 Å². The number of fused-ring (bicyclic) bond motifs is 7. The number of morpholine rings is 1. The second-order valence-corrected chi connectivity index (χ2v) is 9.93. The predicted octanol–water partition coefficient (Wildman–Crippen LogP) is 3.94. The summed E-state index contributed by atoms with van der Waals surface area (Å²) >= 11 is 1.55. The number of carbonyl (C=O) groups is 1. The first-order valence-corrected chi connectivity index (χ1v) is 12.5. The summed E-state index contributed by atoms with van der Waals surface area (Å²) in [6.45, 7) is 0.876. The first kappa shape index (κ1) is 21.3. The van der Waals surface area contributed by atoms with Gasteiger partial charge in [0.2, 0.25) is 5.43 Å². The summed E-state index contributed by atoms with van der Waals surface area (Å²) in [6.07, 6.45) is 0.967. The molecular weight excluding hydrogens is 481 g/mol. The molecule has 1 N–H and O–H groups in total.